The van der Waals surface area contributed by atoms with Crippen molar-refractivity contribution in [3.8, 4) is 16.9 Å². The molecule has 6 nitrogen and oxygen atoms in total. The molecule has 1 unspecified atom stereocenters. The Hall–Kier alpha value is -3.51. The molecule has 2 aromatic heterocycles. The second-order valence-electron chi connectivity index (χ2n) is 7.17. The number of rotatable bonds is 9. The number of aromatic nitrogens is 2. The number of hydrogen-bond donors (Lipinski definition) is 1. The molecule has 6 heteroatoms. The Bertz CT molecular complexity index is 1060. The number of para-hydroxylation sites is 1. The smallest absolute Gasteiger partial charge is 0.333 e. The highest BCUT2D eigenvalue weighted by molar-refractivity contribution is 5.99. The molecular formula is C25H24N2O4. The minimum Gasteiger partial charge on any atom is -0.493 e. The average Bonchev–Trinajstić information content (AvgIpc) is 3.11. The Morgan fingerprint density at radius 2 is 1.97 bits per heavy atom. The van der Waals surface area contributed by atoms with Crippen LogP contribution in [0.25, 0.3) is 16.7 Å². The molecule has 0 aliphatic heterocycles. The van der Waals surface area contributed by atoms with Gasteiger partial charge in [-0.05, 0) is 36.2 Å². The number of nitrogens with zero attached hydrogens (tertiary/aromatic N) is 2. The van der Waals surface area contributed by atoms with Crippen LogP contribution in [0.1, 0.15) is 30.2 Å². The first-order valence-corrected chi connectivity index (χ1v) is 10.3. The minimum atomic E-state index is -0.971. The number of carboxylic acids is 1. The summed E-state index contributed by atoms with van der Waals surface area (Å²) in [5, 5.41) is 9.37. The van der Waals surface area contributed by atoms with Crippen molar-refractivity contribution in [1.29, 1.82) is 0 Å². The molecule has 4 rings (SSSR count). The van der Waals surface area contributed by atoms with Crippen LogP contribution in [0.3, 0.4) is 0 Å². The fourth-order valence-corrected chi connectivity index (χ4v) is 3.82. The summed E-state index contributed by atoms with van der Waals surface area (Å²) in [6.07, 6.45) is 7.66. The first-order valence-electron chi connectivity index (χ1n) is 10.3. The van der Waals surface area contributed by atoms with Crippen molar-refractivity contribution in [1.82, 2.24) is 9.97 Å². The summed E-state index contributed by atoms with van der Waals surface area (Å²) in [5.74, 6) is -0.292. The van der Waals surface area contributed by atoms with E-state index in [2.05, 4.69) is 22.1 Å². The van der Waals surface area contributed by atoms with E-state index in [0.29, 0.717) is 25.4 Å². The van der Waals surface area contributed by atoms with Gasteiger partial charge in [0.1, 0.15) is 5.75 Å². The van der Waals surface area contributed by atoms with Crippen molar-refractivity contribution >= 4 is 11.5 Å². The third kappa shape index (κ3) is 4.49. The lowest BCUT2D eigenvalue weighted by atomic mass is 10.1. The minimum absolute atomic E-state index is 0.261. The molecule has 1 atom stereocenters. The van der Waals surface area contributed by atoms with E-state index in [1.54, 1.807) is 19.3 Å². The van der Waals surface area contributed by atoms with E-state index in [4.69, 9.17) is 9.47 Å². The number of hydrogen-bond acceptors (Lipinski definition) is 5. The first-order chi connectivity index (χ1) is 15.2. The molecule has 0 bridgehead atoms. The van der Waals surface area contributed by atoms with Gasteiger partial charge in [-0.2, -0.15) is 0 Å². The average molecular weight is 416 g/mol. The zero-order chi connectivity index (χ0) is 21.6. The van der Waals surface area contributed by atoms with Crippen molar-refractivity contribution < 1.29 is 19.4 Å². The first kappa shape index (κ1) is 20.8. The van der Waals surface area contributed by atoms with Crippen LogP contribution in [0.4, 0.5) is 0 Å². The molecule has 0 radical (unpaired) electrons. The Morgan fingerprint density at radius 1 is 1.10 bits per heavy atom. The fraction of sp³-hybridized carbons (Fsp3) is 0.240. The third-order valence-electron chi connectivity index (χ3n) is 5.21. The normalized spacial score (nSPS) is 14.2. The molecule has 1 aliphatic carbocycles. The van der Waals surface area contributed by atoms with Crippen LogP contribution >= 0.6 is 0 Å². The number of ether oxygens (including phenoxy) is 2. The topological polar surface area (TPSA) is 81.5 Å². The SMILES string of the molecule is CCOC(Cc1ccccc1OCCC=C1c2cnccc2-c2cccnc21)C(=O)O. The van der Waals surface area contributed by atoms with Gasteiger partial charge in [-0.1, -0.05) is 30.3 Å². The van der Waals surface area contributed by atoms with Crippen LogP contribution in [0.2, 0.25) is 0 Å². The summed E-state index contributed by atoms with van der Waals surface area (Å²) < 4.78 is 11.3. The van der Waals surface area contributed by atoms with Crippen LogP contribution in [0.15, 0.2) is 67.1 Å². The number of fused-ring (bicyclic) bond motifs is 3. The number of benzene rings is 1. The van der Waals surface area contributed by atoms with E-state index < -0.39 is 12.1 Å². The van der Waals surface area contributed by atoms with Gasteiger partial charge >= 0.3 is 5.97 Å². The number of aliphatic carboxylic acids is 1. The fourth-order valence-electron chi connectivity index (χ4n) is 3.82. The van der Waals surface area contributed by atoms with Crippen molar-refractivity contribution in [2.24, 2.45) is 0 Å². The van der Waals surface area contributed by atoms with Gasteiger partial charge < -0.3 is 14.6 Å². The number of pyridine rings is 2. The van der Waals surface area contributed by atoms with Crippen LogP contribution < -0.4 is 4.74 Å². The van der Waals surface area contributed by atoms with E-state index in [1.807, 2.05) is 42.6 Å². The quantitative estimate of drug-likeness (QED) is 0.408. The maximum Gasteiger partial charge on any atom is 0.333 e. The predicted octanol–water partition coefficient (Wildman–Crippen LogP) is 4.39. The lowest BCUT2D eigenvalue weighted by Crippen LogP contribution is -2.26. The Balaban J connectivity index is 1.46. The van der Waals surface area contributed by atoms with Gasteiger partial charge in [-0.15, -0.1) is 0 Å². The standard InChI is InChI=1S/C25H24N2O4/c1-2-30-23(25(28)29)15-17-7-3-4-10-22(17)31-14-6-9-20-21-16-26-13-11-18(21)19-8-5-12-27-24(19)20/h3-5,7-13,16,23H,2,6,14-15H2,1H3,(H,28,29). The number of carbonyl (C=O) groups is 1. The maximum atomic E-state index is 11.4. The summed E-state index contributed by atoms with van der Waals surface area (Å²) in [7, 11) is 0. The molecule has 1 aromatic carbocycles. The molecule has 0 amide bonds. The van der Waals surface area contributed by atoms with Gasteiger partial charge in [0.25, 0.3) is 0 Å². The Morgan fingerprint density at radius 3 is 2.81 bits per heavy atom. The summed E-state index contributed by atoms with van der Waals surface area (Å²) in [4.78, 5) is 20.3. The van der Waals surface area contributed by atoms with Gasteiger partial charge in [0.05, 0.1) is 12.3 Å². The van der Waals surface area contributed by atoms with Gasteiger partial charge in [-0.25, -0.2) is 4.79 Å². The number of carboxylic acid groups (broad SMARTS) is 1. The molecule has 0 saturated carbocycles. The lowest BCUT2D eigenvalue weighted by Gasteiger charge is -2.15. The van der Waals surface area contributed by atoms with Gasteiger partial charge in [0.2, 0.25) is 0 Å². The lowest BCUT2D eigenvalue weighted by molar-refractivity contribution is -0.149. The Kier molecular flexibility index (Phi) is 6.38. The highest BCUT2D eigenvalue weighted by Crippen LogP contribution is 2.42. The van der Waals surface area contributed by atoms with Crippen molar-refractivity contribution in [2.45, 2.75) is 25.9 Å². The molecule has 2 heterocycles. The molecule has 31 heavy (non-hydrogen) atoms. The zero-order valence-corrected chi connectivity index (χ0v) is 17.3. The molecule has 3 aromatic rings. The van der Waals surface area contributed by atoms with Gasteiger partial charge in [-0.3, -0.25) is 9.97 Å². The summed E-state index contributed by atoms with van der Waals surface area (Å²) in [6, 6.07) is 13.5. The van der Waals surface area contributed by atoms with E-state index in [0.717, 1.165) is 33.5 Å². The van der Waals surface area contributed by atoms with E-state index in [1.165, 1.54) is 0 Å². The molecule has 0 saturated heterocycles. The van der Waals surface area contributed by atoms with E-state index >= 15 is 0 Å². The zero-order valence-electron chi connectivity index (χ0n) is 17.3. The largest absolute Gasteiger partial charge is 0.493 e. The maximum absolute atomic E-state index is 11.4. The highest BCUT2D eigenvalue weighted by atomic mass is 16.5. The molecule has 158 valence electrons. The molecule has 1 N–H and O–H groups in total. The van der Waals surface area contributed by atoms with Crippen LogP contribution in [-0.4, -0.2) is 40.4 Å². The van der Waals surface area contributed by atoms with Crippen molar-refractivity contribution in [3.05, 3.63) is 84.0 Å². The van der Waals surface area contributed by atoms with E-state index in [-0.39, 0.29) is 6.42 Å². The summed E-state index contributed by atoms with van der Waals surface area (Å²) in [5.41, 5.74) is 6.19. The molecular weight excluding hydrogens is 392 g/mol. The van der Waals surface area contributed by atoms with Crippen molar-refractivity contribution in [3.63, 3.8) is 0 Å². The van der Waals surface area contributed by atoms with Crippen LogP contribution in [-0.2, 0) is 16.0 Å². The molecule has 0 fully saturated rings. The Labute approximate surface area is 181 Å². The predicted molar refractivity (Wildman–Crippen MR) is 118 cm³/mol. The summed E-state index contributed by atoms with van der Waals surface area (Å²) in [6.45, 7) is 2.60. The van der Waals surface area contributed by atoms with Gasteiger partial charge in [0.15, 0.2) is 6.10 Å². The monoisotopic (exact) mass is 416 g/mol. The highest BCUT2D eigenvalue weighted by Gasteiger charge is 2.24. The van der Waals surface area contributed by atoms with Crippen LogP contribution in [0, 0.1) is 0 Å². The van der Waals surface area contributed by atoms with Gasteiger partial charge in [0, 0.05) is 54.7 Å². The molecule has 1 aliphatic rings. The second-order valence-corrected chi connectivity index (χ2v) is 7.17. The van der Waals surface area contributed by atoms with E-state index in [9.17, 15) is 9.90 Å². The second kappa shape index (κ2) is 9.53. The van der Waals surface area contributed by atoms with Crippen molar-refractivity contribution in [2.75, 3.05) is 13.2 Å². The summed E-state index contributed by atoms with van der Waals surface area (Å²) >= 11 is 0. The molecule has 0 spiro atoms. The third-order valence-corrected chi connectivity index (χ3v) is 5.21. The van der Waals surface area contributed by atoms with Crippen LogP contribution in [0.5, 0.6) is 5.75 Å².